The Morgan fingerprint density at radius 2 is 1.41 bits per heavy atom. The van der Waals surface area contributed by atoms with Crippen LogP contribution in [0.5, 0.6) is 0 Å². The van der Waals surface area contributed by atoms with Crippen LogP contribution in [0.3, 0.4) is 0 Å². The molecule has 0 aromatic rings. The van der Waals surface area contributed by atoms with E-state index in [0.29, 0.717) is 52.5 Å². The summed E-state index contributed by atoms with van der Waals surface area (Å²) in [7, 11) is -3.37. The Morgan fingerprint density at radius 1 is 0.882 bits per heavy atom. The van der Waals surface area contributed by atoms with Gasteiger partial charge < -0.3 is 9.64 Å². The van der Waals surface area contributed by atoms with Gasteiger partial charge in [0.1, 0.15) is 0 Å². The molecule has 1 amide bonds. The molecule has 0 saturated carbocycles. The van der Waals surface area contributed by atoms with Crippen LogP contribution in [0.25, 0.3) is 0 Å². The molecule has 98 valence electrons. The van der Waals surface area contributed by atoms with Crippen molar-refractivity contribution in [1.82, 2.24) is 13.5 Å². The van der Waals surface area contributed by atoms with E-state index in [1.54, 1.807) is 4.90 Å². The quantitative estimate of drug-likeness (QED) is 0.571. The Kier molecular flexibility index (Phi) is 3.97. The first-order chi connectivity index (χ1) is 8.14. The van der Waals surface area contributed by atoms with Gasteiger partial charge in [-0.1, -0.05) is 0 Å². The third kappa shape index (κ3) is 2.76. The number of piperazine rings is 1. The fraction of sp³-hybridized carbons (Fsp3) is 0.889. The number of ether oxygens (including phenoxy) is 1. The number of amides is 1. The molecule has 8 heteroatoms. The normalized spacial score (nSPS) is 24.8. The summed E-state index contributed by atoms with van der Waals surface area (Å²) in [5, 5.41) is 0. The predicted molar refractivity (Wildman–Crippen MR) is 60.5 cm³/mol. The van der Waals surface area contributed by atoms with Crippen LogP contribution in [0.1, 0.15) is 0 Å². The zero-order valence-corrected chi connectivity index (χ0v) is 10.4. The van der Waals surface area contributed by atoms with Gasteiger partial charge in [0.05, 0.1) is 13.2 Å². The zero-order valence-electron chi connectivity index (χ0n) is 9.62. The van der Waals surface area contributed by atoms with Crippen LogP contribution in [0.4, 0.5) is 0 Å². The van der Waals surface area contributed by atoms with E-state index in [1.165, 1.54) is 8.61 Å². The average molecular weight is 263 g/mol. The van der Waals surface area contributed by atoms with Gasteiger partial charge in [0.25, 0.3) is 10.2 Å². The van der Waals surface area contributed by atoms with Gasteiger partial charge in [-0.3, -0.25) is 4.79 Å². The van der Waals surface area contributed by atoms with E-state index in [1.807, 2.05) is 0 Å². The van der Waals surface area contributed by atoms with E-state index in [9.17, 15) is 13.2 Å². The highest BCUT2D eigenvalue weighted by Crippen LogP contribution is 2.13. The number of carbonyl (C=O) groups excluding carboxylic acids is 1. The summed E-state index contributed by atoms with van der Waals surface area (Å²) in [5.74, 6) is 0. The molecular formula is C9H17N3O4S. The summed E-state index contributed by atoms with van der Waals surface area (Å²) in [6.45, 7) is 3.41. The van der Waals surface area contributed by atoms with Gasteiger partial charge in [-0.05, 0) is 0 Å². The molecule has 7 nitrogen and oxygen atoms in total. The Balaban J connectivity index is 1.98. The molecule has 0 N–H and O–H groups in total. The lowest BCUT2D eigenvalue weighted by atomic mass is 10.4. The van der Waals surface area contributed by atoms with Gasteiger partial charge in [-0.2, -0.15) is 17.0 Å². The van der Waals surface area contributed by atoms with Crippen LogP contribution in [0.2, 0.25) is 0 Å². The lowest BCUT2D eigenvalue weighted by Crippen LogP contribution is -2.54. The second-order valence-electron chi connectivity index (χ2n) is 4.06. The van der Waals surface area contributed by atoms with Crippen molar-refractivity contribution in [3.05, 3.63) is 0 Å². The summed E-state index contributed by atoms with van der Waals surface area (Å²) in [6.07, 6.45) is 0.763. The van der Waals surface area contributed by atoms with Gasteiger partial charge >= 0.3 is 0 Å². The van der Waals surface area contributed by atoms with Crippen molar-refractivity contribution in [3.8, 4) is 0 Å². The molecule has 2 rings (SSSR count). The largest absolute Gasteiger partial charge is 0.379 e. The minimum atomic E-state index is -3.37. The van der Waals surface area contributed by atoms with Crippen LogP contribution in [-0.2, 0) is 19.7 Å². The third-order valence-corrected chi connectivity index (χ3v) is 5.08. The molecule has 0 atom stereocenters. The standard InChI is InChI=1S/C9H17N3O4S/c13-9-10-1-3-11(4-2-10)17(14,15)12-5-7-16-8-6-12/h9H,1-8H2. The summed E-state index contributed by atoms with van der Waals surface area (Å²) >= 11 is 0. The van der Waals surface area contributed by atoms with Crippen molar-refractivity contribution in [2.24, 2.45) is 0 Å². The molecule has 2 aliphatic heterocycles. The molecule has 0 bridgehead atoms. The molecule has 0 aromatic carbocycles. The van der Waals surface area contributed by atoms with Crippen molar-refractivity contribution >= 4 is 16.6 Å². The maximum atomic E-state index is 12.2. The van der Waals surface area contributed by atoms with Crippen LogP contribution < -0.4 is 0 Å². The van der Waals surface area contributed by atoms with Crippen molar-refractivity contribution < 1.29 is 17.9 Å². The lowest BCUT2D eigenvalue weighted by Gasteiger charge is -2.36. The topological polar surface area (TPSA) is 70.2 Å². The Morgan fingerprint density at radius 3 is 1.94 bits per heavy atom. The highest BCUT2D eigenvalue weighted by atomic mass is 32.2. The summed E-state index contributed by atoms with van der Waals surface area (Å²) in [6, 6.07) is 0. The first kappa shape index (κ1) is 12.7. The molecule has 2 heterocycles. The smallest absolute Gasteiger partial charge is 0.282 e. The number of rotatable bonds is 3. The SMILES string of the molecule is O=CN1CCN(S(=O)(=O)N2CCOCC2)CC1. The minimum Gasteiger partial charge on any atom is -0.379 e. The second-order valence-corrected chi connectivity index (χ2v) is 5.99. The average Bonchev–Trinajstić information content (AvgIpc) is 2.40. The van der Waals surface area contributed by atoms with Gasteiger partial charge in [0.2, 0.25) is 6.41 Å². The van der Waals surface area contributed by atoms with Crippen LogP contribution in [-0.4, -0.2) is 80.8 Å². The number of hydrogen-bond acceptors (Lipinski definition) is 4. The van der Waals surface area contributed by atoms with Crippen molar-refractivity contribution in [1.29, 1.82) is 0 Å². The Bertz CT molecular complexity index is 358. The first-order valence-corrected chi connectivity index (χ1v) is 7.06. The predicted octanol–water partition coefficient (Wildman–Crippen LogP) is -1.66. The number of hydrogen-bond donors (Lipinski definition) is 0. The molecule has 2 aliphatic rings. The van der Waals surface area contributed by atoms with Gasteiger partial charge in [0.15, 0.2) is 0 Å². The van der Waals surface area contributed by atoms with Crippen LogP contribution >= 0.6 is 0 Å². The molecule has 2 fully saturated rings. The van der Waals surface area contributed by atoms with E-state index in [-0.39, 0.29) is 0 Å². The van der Waals surface area contributed by atoms with Gasteiger partial charge in [-0.15, -0.1) is 0 Å². The van der Waals surface area contributed by atoms with E-state index in [0.717, 1.165) is 6.41 Å². The Labute approximate surface area is 101 Å². The summed E-state index contributed by atoms with van der Waals surface area (Å²) in [4.78, 5) is 12.1. The molecule has 0 aliphatic carbocycles. The fourth-order valence-electron chi connectivity index (χ4n) is 1.98. The van der Waals surface area contributed by atoms with E-state index < -0.39 is 10.2 Å². The number of carbonyl (C=O) groups is 1. The van der Waals surface area contributed by atoms with E-state index >= 15 is 0 Å². The fourth-order valence-corrected chi connectivity index (χ4v) is 3.54. The summed E-state index contributed by atoms with van der Waals surface area (Å²) in [5.41, 5.74) is 0. The lowest BCUT2D eigenvalue weighted by molar-refractivity contribution is -0.119. The van der Waals surface area contributed by atoms with Crippen molar-refractivity contribution in [3.63, 3.8) is 0 Å². The zero-order chi connectivity index (χ0) is 12.3. The molecule has 0 aromatic heterocycles. The maximum Gasteiger partial charge on any atom is 0.282 e. The summed E-state index contributed by atoms with van der Waals surface area (Å²) < 4.78 is 32.5. The van der Waals surface area contributed by atoms with Crippen LogP contribution in [0, 0.1) is 0 Å². The Hall–Kier alpha value is -0.700. The third-order valence-electron chi connectivity index (χ3n) is 3.04. The molecule has 17 heavy (non-hydrogen) atoms. The van der Waals surface area contributed by atoms with E-state index in [2.05, 4.69) is 0 Å². The molecule has 0 spiro atoms. The maximum absolute atomic E-state index is 12.2. The van der Waals surface area contributed by atoms with Crippen LogP contribution in [0.15, 0.2) is 0 Å². The number of morpholine rings is 1. The second kappa shape index (κ2) is 5.30. The van der Waals surface area contributed by atoms with E-state index in [4.69, 9.17) is 4.74 Å². The number of nitrogens with zero attached hydrogens (tertiary/aromatic N) is 3. The molecule has 2 saturated heterocycles. The minimum absolute atomic E-state index is 0.373. The monoisotopic (exact) mass is 263 g/mol. The van der Waals surface area contributed by atoms with Crippen molar-refractivity contribution in [2.45, 2.75) is 0 Å². The molecule has 0 unspecified atom stereocenters. The molecule has 0 radical (unpaired) electrons. The van der Waals surface area contributed by atoms with Gasteiger partial charge in [0, 0.05) is 39.3 Å². The van der Waals surface area contributed by atoms with Gasteiger partial charge in [-0.25, -0.2) is 0 Å². The molecular weight excluding hydrogens is 246 g/mol. The first-order valence-electron chi connectivity index (χ1n) is 5.67. The van der Waals surface area contributed by atoms with Crippen molar-refractivity contribution in [2.75, 3.05) is 52.5 Å². The highest BCUT2D eigenvalue weighted by Gasteiger charge is 2.32. The highest BCUT2D eigenvalue weighted by molar-refractivity contribution is 7.86.